The molecule has 0 bridgehead atoms. The van der Waals surface area contributed by atoms with Gasteiger partial charge in [-0.15, -0.1) is 0 Å². The van der Waals surface area contributed by atoms with E-state index in [-0.39, 0.29) is 5.97 Å². The van der Waals surface area contributed by atoms with Crippen LogP contribution in [0.3, 0.4) is 0 Å². The second kappa shape index (κ2) is 14.9. The fraction of sp³-hybridized carbons (Fsp3) is 0.0625. The average Bonchev–Trinajstić information content (AvgIpc) is 2.91. The van der Waals surface area contributed by atoms with Gasteiger partial charge in [-0.2, -0.15) is 0 Å². The Morgan fingerprint density at radius 2 is 1.03 bits per heavy atom. The summed E-state index contributed by atoms with van der Waals surface area (Å²) in [6.07, 6.45) is 0. The van der Waals surface area contributed by atoms with Crippen molar-refractivity contribution in [2.24, 2.45) is 0 Å². The third-order valence-electron chi connectivity index (χ3n) is 4.93. The largest absolute Gasteiger partial charge is 0.508 e. The normalized spacial score (nSPS) is 9.49. The van der Waals surface area contributed by atoms with E-state index >= 15 is 0 Å². The summed E-state index contributed by atoms with van der Waals surface area (Å²) in [5.41, 5.74) is 5.18. The van der Waals surface area contributed by atoms with Crippen molar-refractivity contribution in [2.75, 3.05) is 0 Å². The summed E-state index contributed by atoms with van der Waals surface area (Å²) in [4.78, 5) is 22.2. The molecule has 0 aliphatic rings. The number of rotatable bonds is 5. The maximum Gasteiger partial charge on any atom is 0.343 e. The van der Waals surface area contributed by atoms with Gasteiger partial charge in [0.2, 0.25) is 0 Å². The second-order valence-electron chi connectivity index (χ2n) is 8.03. The molecule has 4 nitrogen and oxygen atoms in total. The van der Waals surface area contributed by atoms with Gasteiger partial charge in [-0.1, -0.05) is 97.1 Å². The maximum atomic E-state index is 11.8. The van der Waals surface area contributed by atoms with E-state index in [9.17, 15) is 9.59 Å². The number of phenols is 1. The maximum absolute atomic E-state index is 11.8. The van der Waals surface area contributed by atoms with Crippen molar-refractivity contribution in [2.45, 2.75) is 13.8 Å². The number of hydrogen-bond acceptors (Lipinski definition) is 4. The van der Waals surface area contributed by atoms with Crippen LogP contribution in [0.1, 0.15) is 45.7 Å². The molecule has 0 radical (unpaired) electrons. The van der Waals surface area contributed by atoms with E-state index in [1.807, 2.05) is 50.2 Å². The van der Waals surface area contributed by atoms with Crippen LogP contribution in [0, 0.1) is 0 Å². The molecule has 0 spiro atoms. The molecule has 0 saturated heterocycles. The number of esters is 1. The van der Waals surface area contributed by atoms with Crippen LogP contribution in [-0.2, 0) is 0 Å². The summed E-state index contributed by atoms with van der Waals surface area (Å²) >= 11 is 5.16. The zero-order valence-corrected chi connectivity index (χ0v) is 21.6. The SMILES string of the molecule is C=C(C)c1ccc(O)cc1.C=C(C)c1ccc(OC(=O)c2ccccc2)cc1.O=C(Cl)c1ccccc1. The topological polar surface area (TPSA) is 63.6 Å². The van der Waals surface area contributed by atoms with Crippen LogP contribution < -0.4 is 4.74 Å². The first-order chi connectivity index (χ1) is 17.7. The second-order valence-corrected chi connectivity index (χ2v) is 8.37. The number of benzene rings is 4. The van der Waals surface area contributed by atoms with Gasteiger partial charge in [-0.05, 0) is 73.0 Å². The Balaban J connectivity index is 0.000000214. The van der Waals surface area contributed by atoms with E-state index in [0.717, 1.165) is 22.3 Å². The molecule has 5 heteroatoms. The van der Waals surface area contributed by atoms with E-state index in [1.54, 1.807) is 72.8 Å². The molecule has 37 heavy (non-hydrogen) atoms. The Morgan fingerprint density at radius 3 is 1.41 bits per heavy atom. The number of hydrogen-bond donors (Lipinski definition) is 1. The predicted molar refractivity (Wildman–Crippen MR) is 152 cm³/mol. The van der Waals surface area contributed by atoms with E-state index in [0.29, 0.717) is 22.6 Å². The zero-order chi connectivity index (χ0) is 27.2. The standard InChI is InChI=1S/C16H14O2.C9H10O.C7H5ClO/c1-12(2)13-8-10-15(11-9-13)18-16(17)14-6-4-3-5-7-14;1-7(2)8-3-5-9(10)6-4-8;8-7(9)6-4-2-1-3-5-6/h3-11H,1H2,2H3;3-6,10H,1H2,2H3;1-5H. The number of aromatic hydroxyl groups is 1. The lowest BCUT2D eigenvalue weighted by molar-refractivity contribution is 0.0734. The molecule has 1 N–H and O–H groups in total. The molecule has 0 aliphatic carbocycles. The fourth-order valence-electron chi connectivity index (χ4n) is 2.86. The Bertz CT molecular complexity index is 1310. The van der Waals surface area contributed by atoms with Crippen LogP contribution in [0.4, 0.5) is 0 Å². The molecule has 0 aliphatic heterocycles. The first kappa shape index (κ1) is 28.8. The highest BCUT2D eigenvalue weighted by atomic mass is 35.5. The number of allylic oxidation sites excluding steroid dienone is 2. The van der Waals surface area contributed by atoms with Gasteiger partial charge in [-0.3, -0.25) is 4.79 Å². The smallest absolute Gasteiger partial charge is 0.343 e. The molecule has 0 unspecified atom stereocenters. The van der Waals surface area contributed by atoms with Gasteiger partial charge in [0.15, 0.2) is 0 Å². The molecule has 4 aromatic carbocycles. The third kappa shape index (κ3) is 10.4. The minimum Gasteiger partial charge on any atom is -0.508 e. The van der Waals surface area contributed by atoms with Gasteiger partial charge in [0.25, 0.3) is 5.24 Å². The lowest BCUT2D eigenvalue weighted by Gasteiger charge is -2.05. The Morgan fingerprint density at radius 1 is 0.622 bits per heavy atom. The third-order valence-corrected chi connectivity index (χ3v) is 5.15. The molecule has 4 rings (SSSR count). The lowest BCUT2D eigenvalue weighted by Crippen LogP contribution is -2.07. The van der Waals surface area contributed by atoms with Crippen molar-refractivity contribution in [3.8, 4) is 11.5 Å². The first-order valence-corrected chi connectivity index (χ1v) is 11.8. The van der Waals surface area contributed by atoms with Gasteiger partial charge in [0, 0.05) is 5.56 Å². The summed E-state index contributed by atoms with van der Waals surface area (Å²) in [6.45, 7) is 11.5. The zero-order valence-electron chi connectivity index (χ0n) is 20.9. The molecule has 0 amide bonds. The Kier molecular flexibility index (Phi) is 11.6. The molecule has 0 aromatic heterocycles. The van der Waals surface area contributed by atoms with Crippen LogP contribution in [-0.4, -0.2) is 16.3 Å². The molecule has 188 valence electrons. The number of phenolic OH excluding ortho intramolecular Hbond substituents is 1. The van der Waals surface area contributed by atoms with Crippen molar-refractivity contribution in [1.29, 1.82) is 0 Å². The van der Waals surface area contributed by atoms with Crippen LogP contribution in [0.15, 0.2) is 122 Å². The van der Waals surface area contributed by atoms with Crippen LogP contribution in [0.2, 0.25) is 0 Å². The summed E-state index contributed by atoms with van der Waals surface area (Å²) < 4.78 is 5.27. The molecule has 0 atom stereocenters. The van der Waals surface area contributed by atoms with E-state index in [2.05, 4.69) is 13.2 Å². The van der Waals surface area contributed by atoms with Crippen LogP contribution >= 0.6 is 11.6 Å². The monoisotopic (exact) mass is 512 g/mol. The fourth-order valence-corrected chi connectivity index (χ4v) is 2.99. The number of ether oxygens (including phenoxy) is 1. The van der Waals surface area contributed by atoms with Gasteiger partial charge in [-0.25, -0.2) is 4.79 Å². The van der Waals surface area contributed by atoms with Crippen LogP contribution in [0.25, 0.3) is 11.1 Å². The quantitative estimate of drug-likeness (QED) is 0.165. The highest BCUT2D eigenvalue weighted by molar-refractivity contribution is 6.67. The van der Waals surface area contributed by atoms with Gasteiger partial charge >= 0.3 is 5.97 Å². The summed E-state index contributed by atoms with van der Waals surface area (Å²) in [5.74, 6) is 0.484. The molecular weight excluding hydrogens is 484 g/mol. The van der Waals surface area contributed by atoms with E-state index < -0.39 is 5.24 Å². The number of halogens is 1. The highest BCUT2D eigenvalue weighted by Crippen LogP contribution is 2.18. The highest BCUT2D eigenvalue weighted by Gasteiger charge is 2.07. The summed E-state index contributed by atoms with van der Waals surface area (Å²) in [5, 5.41) is 8.50. The minimum atomic E-state index is -0.407. The molecule has 4 aromatic rings. The Hall–Kier alpha value is -4.41. The predicted octanol–water partition coefficient (Wildman–Crippen LogP) is 8.43. The van der Waals surface area contributed by atoms with Gasteiger partial charge < -0.3 is 9.84 Å². The molecule has 0 heterocycles. The average molecular weight is 513 g/mol. The minimum absolute atomic E-state index is 0.296. The molecule has 0 fully saturated rings. The van der Waals surface area contributed by atoms with Crippen molar-refractivity contribution in [1.82, 2.24) is 0 Å². The summed E-state index contributed by atoms with van der Waals surface area (Å²) in [7, 11) is 0. The molecule has 0 saturated carbocycles. The van der Waals surface area contributed by atoms with Gasteiger partial charge in [0.1, 0.15) is 11.5 Å². The van der Waals surface area contributed by atoms with Crippen molar-refractivity contribution in [3.05, 3.63) is 145 Å². The van der Waals surface area contributed by atoms with Crippen molar-refractivity contribution < 1.29 is 19.4 Å². The van der Waals surface area contributed by atoms with E-state index in [1.165, 1.54) is 0 Å². The molecular formula is C32H29ClO4. The lowest BCUT2D eigenvalue weighted by atomic mass is 10.1. The number of carbonyl (C=O) groups is 2. The van der Waals surface area contributed by atoms with Crippen molar-refractivity contribution in [3.63, 3.8) is 0 Å². The van der Waals surface area contributed by atoms with E-state index in [4.69, 9.17) is 21.4 Å². The van der Waals surface area contributed by atoms with Gasteiger partial charge in [0.05, 0.1) is 5.56 Å². The summed E-state index contributed by atoms with van der Waals surface area (Å²) in [6, 6.07) is 32.0. The van der Waals surface area contributed by atoms with Crippen LogP contribution in [0.5, 0.6) is 11.5 Å². The first-order valence-electron chi connectivity index (χ1n) is 11.4. The number of carbonyl (C=O) groups excluding carboxylic acids is 2. The Labute approximate surface area is 223 Å². The van der Waals surface area contributed by atoms with Crippen molar-refractivity contribution >= 4 is 34.0 Å².